The molecule has 2 N–H and O–H groups in total. The van der Waals surface area contributed by atoms with Crippen LogP contribution in [0.1, 0.15) is 0 Å². The second-order valence-electron chi connectivity index (χ2n) is 1.86. The van der Waals surface area contributed by atoms with E-state index in [2.05, 4.69) is 4.98 Å². The zero-order chi connectivity index (χ0) is 8.43. The van der Waals surface area contributed by atoms with Crippen LogP contribution in [0.3, 0.4) is 0 Å². The molecule has 0 saturated carbocycles. The van der Waals surface area contributed by atoms with E-state index >= 15 is 0 Å². The first kappa shape index (κ1) is 8.86. The average Bonchev–Trinajstić information content (AvgIpc) is 1.97. The Balaban J connectivity index is 3.21. The third-order valence-corrected chi connectivity index (χ3v) is 2.28. The summed E-state index contributed by atoms with van der Waals surface area (Å²) in [5.41, 5.74) is 6.13. The summed E-state index contributed by atoms with van der Waals surface area (Å²) in [7, 11) is 1.52. The van der Waals surface area contributed by atoms with Gasteiger partial charge in [-0.05, 0) is 22.6 Å². The molecule has 0 aromatic carbocycles. The van der Waals surface area contributed by atoms with Crippen molar-refractivity contribution in [2.45, 2.75) is 0 Å². The van der Waals surface area contributed by atoms with Gasteiger partial charge in [-0.3, -0.25) is 0 Å². The van der Waals surface area contributed by atoms with Crippen molar-refractivity contribution in [3.8, 4) is 5.75 Å². The summed E-state index contributed by atoms with van der Waals surface area (Å²) in [6, 6.07) is 1.65. The van der Waals surface area contributed by atoms with Crippen LogP contribution in [-0.2, 0) is 0 Å². The Morgan fingerprint density at radius 3 is 2.91 bits per heavy atom. The van der Waals surface area contributed by atoms with Crippen LogP contribution in [0.5, 0.6) is 5.75 Å². The van der Waals surface area contributed by atoms with Gasteiger partial charge in [0.05, 0.1) is 12.8 Å². The maximum absolute atomic E-state index is 5.71. The monoisotopic (exact) mass is 284 g/mol. The molecule has 0 unspecified atom stereocenters. The highest BCUT2D eigenvalue weighted by Crippen LogP contribution is 2.26. The fourth-order valence-electron chi connectivity index (χ4n) is 0.609. The smallest absolute Gasteiger partial charge is 0.172 e. The van der Waals surface area contributed by atoms with E-state index in [1.165, 1.54) is 7.11 Å². The van der Waals surface area contributed by atoms with Gasteiger partial charge in [0.2, 0.25) is 0 Å². The van der Waals surface area contributed by atoms with Gasteiger partial charge in [0.15, 0.2) is 10.9 Å². The van der Waals surface area contributed by atoms with Crippen molar-refractivity contribution in [3.05, 3.63) is 14.9 Å². The Morgan fingerprint density at radius 1 is 1.73 bits per heavy atom. The van der Waals surface area contributed by atoms with E-state index in [1.54, 1.807) is 6.07 Å². The predicted molar refractivity (Wildman–Crippen MR) is 52.9 cm³/mol. The highest BCUT2D eigenvalue weighted by Gasteiger charge is 2.05. The molecule has 1 aromatic heterocycles. The van der Waals surface area contributed by atoms with Crippen LogP contribution in [0.2, 0.25) is 5.15 Å². The van der Waals surface area contributed by atoms with E-state index in [1.807, 2.05) is 22.6 Å². The number of ether oxygens (including phenoxy) is 1. The van der Waals surface area contributed by atoms with E-state index in [0.717, 1.165) is 0 Å². The molecule has 0 aliphatic carbocycles. The van der Waals surface area contributed by atoms with E-state index in [-0.39, 0.29) is 0 Å². The molecule has 60 valence electrons. The highest BCUT2D eigenvalue weighted by molar-refractivity contribution is 14.1. The first-order valence-electron chi connectivity index (χ1n) is 2.80. The SMILES string of the molecule is COc1cc(N)c(I)nc1Cl. The zero-order valence-electron chi connectivity index (χ0n) is 5.77. The lowest BCUT2D eigenvalue weighted by molar-refractivity contribution is 0.413. The Hall–Kier alpha value is -0.230. The van der Waals surface area contributed by atoms with Gasteiger partial charge in [-0.2, -0.15) is 0 Å². The summed E-state index contributed by atoms with van der Waals surface area (Å²) in [4.78, 5) is 3.95. The van der Waals surface area contributed by atoms with Gasteiger partial charge >= 0.3 is 0 Å². The molecule has 3 nitrogen and oxygen atoms in total. The summed E-state index contributed by atoms with van der Waals surface area (Å²) in [6.07, 6.45) is 0. The maximum Gasteiger partial charge on any atom is 0.172 e. The quantitative estimate of drug-likeness (QED) is 0.633. The van der Waals surface area contributed by atoms with Crippen LogP contribution < -0.4 is 10.5 Å². The number of methoxy groups -OCH3 is 1. The zero-order valence-corrected chi connectivity index (χ0v) is 8.68. The molecule has 0 aliphatic rings. The second kappa shape index (κ2) is 3.44. The summed E-state index contributed by atoms with van der Waals surface area (Å²) in [5, 5.41) is 0.339. The molecular formula is C6H6ClIN2O. The van der Waals surface area contributed by atoms with Crippen molar-refractivity contribution in [3.63, 3.8) is 0 Å². The lowest BCUT2D eigenvalue weighted by atomic mass is 10.4. The van der Waals surface area contributed by atoms with E-state index in [0.29, 0.717) is 20.3 Å². The summed E-state index contributed by atoms with van der Waals surface area (Å²) >= 11 is 7.71. The van der Waals surface area contributed by atoms with Crippen LogP contribution in [-0.4, -0.2) is 12.1 Å². The number of nitrogens with zero attached hydrogens (tertiary/aromatic N) is 1. The molecule has 0 atom stereocenters. The van der Waals surface area contributed by atoms with Crippen LogP contribution in [0, 0.1) is 3.70 Å². The molecule has 0 saturated heterocycles. The molecule has 1 aromatic rings. The minimum Gasteiger partial charge on any atom is -0.493 e. The van der Waals surface area contributed by atoms with Crippen molar-refractivity contribution in [2.24, 2.45) is 0 Å². The Morgan fingerprint density at radius 2 is 2.36 bits per heavy atom. The molecular weight excluding hydrogens is 278 g/mol. The Labute approximate surface area is 83.0 Å². The highest BCUT2D eigenvalue weighted by atomic mass is 127. The van der Waals surface area contributed by atoms with Gasteiger partial charge in [-0.15, -0.1) is 0 Å². The number of hydrogen-bond acceptors (Lipinski definition) is 3. The van der Waals surface area contributed by atoms with Crippen molar-refractivity contribution in [2.75, 3.05) is 12.8 Å². The van der Waals surface area contributed by atoms with Gasteiger partial charge in [0.1, 0.15) is 3.70 Å². The van der Waals surface area contributed by atoms with Crippen LogP contribution in [0.25, 0.3) is 0 Å². The van der Waals surface area contributed by atoms with E-state index < -0.39 is 0 Å². The molecule has 0 radical (unpaired) electrons. The van der Waals surface area contributed by atoms with E-state index in [4.69, 9.17) is 22.1 Å². The maximum atomic E-state index is 5.71. The lowest BCUT2D eigenvalue weighted by Gasteiger charge is -2.03. The van der Waals surface area contributed by atoms with Gasteiger partial charge in [-0.1, -0.05) is 11.6 Å². The molecule has 0 bridgehead atoms. The second-order valence-corrected chi connectivity index (χ2v) is 3.24. The van der Waals surface area contributed by atoms with Gasteiger partial charge in [0.25, 0.3) is 0 Å². The standard InChI is InChI=1S/C6H6ClIN2O/c1-11-4-2-3(9)6(8)10-5(4)7/h2H,9H2,1H3. The molecule has 0 fully saturated rings. The lowest BCUT2D eigenvalue weighted by Crippen LogP contribution is -1.95. The Bertz CT molecular complexity index is 280. The van der Waals surface area contributed by atoms with Gasteiger partial charge in [0, 0.05) is 6.07 Å². The van der Waals surface area contributed by atoms with Crippen LogP contribution in [0.4, 0.5) is 5.69 Å². The van der Waals surface area contributed by atoms with E-state index in [9.17, 15) is 0 Å². The molecule has 11 heavy (non-hydrogen) atoms. The van der Waals surface area contributed by atoms with Crippen molar-refractivity contribution in [1.29, 1.82) is 0 Å². The third kappa shape index (κ3) is 1.87. The number of aromatic nitrogens is 1. The minimum atomic E-state index is 0.339. The van der Waals surface area contributed by atoms with Crippen molar-refractivity contribution in [1.82, 2.24) is 4.98 Å². The molecule has 1 rings (SSSR count). The van der Waals surface area contributed by atoms with Crippen LogP contribution >= 0.6 is 34.2 Å². The number of nitrogen functional groups attached to an aromatic ring is 1. The minimum absolute atomic E-state index is 0.339. The molecule has 0 spiro atoms. The Kier molecular flexibility index (Phi) is 2.78. The molecule has 1 heterocycles. The van der Waals surface area contributed by atoms with Gasteiger partial charge in [-0.25, -0.2) is 4.98 Å². The van der Waals surface area contributed by atoms with Gasteiger partial charge < -0.3 is 10.5 Å². The fraction of sp³-hybridized carbons (Fsp3) is 0.167. The number of pyridine rings is 1. The largest absolute Gasteiger partial charge is 0.493 e. The number of anilines is 1. The van der Waals surface area contributed by atoms with Crippen molar-refractivity contribution >= 4 is 39.9 Å². The molecule has 5 heteroatoms. The average molecular weight is 284 g/mol. The first-order chi connectivity index (χ1) is 5.15. The predicted octanol–water partition coefficient (Wildman–Crippen LogP) is 1.93. The summed E-state index contributed by atoms with van der Waals surface area (Å²) < 4.78 is 5.59. The molecule has 0 amide bonds. The third-order valence-electron chi connectivity index (χ3n) is 1.14. The first-order valence-corrected chi connectivity index (χ1v) is 4.26. The topological polar surface area (TPSA) is 48.1 Å². The van der Waals surface area contributed by atoms with Crippen LogP contribution in [0.15, 0.2) is 6.07 Å². The number of rotatable bonds is 1. The number of nitrogens with two attached hydrogens (primary N) is 1. The summed E-state index contributed by atoms with van der Waals surface area (Å²) in [6.45, 7) is 0. The number of halogens is 2. The fourth-order valence-corrected chi connectivity index (χ4v) is 1.37. The molecule has 0 aliphatic heterocycles. The number of hydrogen-bond donors (Lipinski definition) is 1. The summed E-state index contributed by atoms with van der Waals surface area (Å²) in [5.74, 6) is 0.504. The normalized spacial score (nSPS) is 9.73. The van der Waals surface area contributed by atoms with Crippen molar-refractivity contribution < 1.29 is 4.74 Å².